The van der Waals surface area contributed by atoms with Gasteiger partial charge in [-0.3, -0.25) is 0 Å². The Kier molecular flexibility index (Phi) is 9.36. The number of aliphatic imine (C=N–C) groups is 1. The highest BCUT2D eigenvalue weighted by Crippen LogP contribution is 2.27. The molecule has 0 aliphatic carbocycles. The fourth-order valence-corrected chi connectivity index (χ4v) is 3.90. The highest BCUT2D eigenvalue weighted by molar-refractivity contribution is 14.0. The Labute approximate surface area is 168 Å². The summed E-state index contributed by atoms with van der Waals surface area (Å²) in [5, 5.41) is 18.0. The van der Waals surface area contributed by atoms with Gasteiger partial charge in [-0.2, -0.15) is 11.8 Å². The molecular weight excluding hydrogens is 468 g/mol. The summed E-state index contributed by atoms with van der Waals surface area (Å²) in [5.41, 5.74) is 0.275. The fourth-order valence-electron chi connectivity index (χ4n) is 2.14. The molecule has 0 aromatic heterocycles. The minimum absolute atomic E-state index is 0. The number of halogens is 3. The van der Waals surface area contributed by atoms with Crippen molar-refractivity contribution in [3.8, 4) is 0 Å². The summed E-state index contributed by atoms with van der Waals surface area (Å²) in [6, 6.07) is 5.39. The van der Waals surface area contributed by atoms with Crippen molar-refractivity contribution in [1.29, 1.82) is 0 Å². The lowest BCUT2D eigenvalue weighted by Gasteiger charge is -2.23. The SMILES string of the molecule is CCNC(=NCc1ccc(Cl)cc1Cl)NCC1(O)CCSC1.I. The van der Waals surface area contributed by atoms with Crippen LogP contribution < -0.4 is 10.6 Å². The number of benzene rings is 1. The minimum atomic E-state index is -0.640. The Morgan fingerprint density at radius 2 is 2.17 bits per heavy atom. The molecule has 2 rings (SSSR count). The second kappa shape index (κ2) is 10.2. The highest BCUT2D eigenvalue weighted by atomic mass is 127. The Hall–Kier alpha value is 0.110. The zero-order valence-electron chi connectivity index (χ0n) is 12.9. The van der Waals surface area contributed by atoms with E-state index >= 15 is 0 Å². The molecule has 0 spiro atoms. The Morgan fingerprint density at radius 3 is 2.78 bits per heavy atom. The molecule has 1 fully saturated rings. The topological polar surface area (TPSA) is 56.7 Å². The van der Waals surface area contributed by atoms with E-state index in [1.54, 1.807) is 23.9 Å². The third-order valence-electron chi connectivity index (χ3n) is 3.43. The van der Waals surface area contributed by atoms with Crippen molar-refractivity contribution in [2.45, 2.75) is 25.5 Å². The first-order valence-corrected chi connectivity index (χ1v) is 9.20. The summed E-state index contributed by atoms with van der Waals surface area (Å²) in [5.74, 6) is 2.45. The molecule has 1 aromatic rings. The van der Waals surface area contributed by atoms with Crippen LogP contribution in [0.3, 0.4) is 0 Å². The van der Waals surface area contributed by atoms with Crippen molar-refractivity contribution in [1.82, 2.24) is 10.6 Å². The van der Waals surface area contributed by atoms with Gasteiger partial charge in [0.1, 0.15) is 0 Å². The van der Waals surface area contributed by atoms with E-state index in [-0.39, 0.29) is 24.0 Å². The first kappa shape index (κ1) is 21.2. The van der Waals surface area contributed by atoms with Gasteiger partial charge in [0.05, 0.1) is 12.1 Å². The number of hydrogen-bond donors (Lipinski definition) is 3. The van der Waals surface area contributed by atoms with Crippen molar-refractivity contribution in [2.24, 2.45) is 4.99 Å². The Morgan fingerprint density at radius 1 is 1.39 bits per heavy atom. The van der Waals surface area contributed by atoms with Crippen LogP contribution in [0.5, 0.6) is 0 Å². The number of nitrogens with one attached hydrogen (secondary N) is 2. The van der Waals surface area contributed by atoms with Crippen molar-refractivity contribution in [3.63, 3.8) is 0 Å². The maximum atomic E-state index is 10.4. The van der Waals surface area contributed by atoms with Crippen molar-refractivity contribution < 1.29 is 5.11 Å². The monoisotopic (exact) mass is 489 g/mol. The predicted octanol–water partition coefficient (Wildman–Crippen LogP) is 3.53. The lowest BCUT2D eigenvalue weighted by atomic mass is 10.0. The summed E-state index contributed by atoms with van der Waals surface area (Å²) >= 11 is 13.8. The molecule has 1 saturated heterocycles. The summed E-state index contributed by atoms with van der Waals surface area (Å²) in [6.45, 7) is 3.72. The summed E-state index contributed by atoms with van der Waals surface area (Å²) < 4.78 is 0. The Bertz CT molecular complexity index is 539. The van der Waals surface area contributed by atoms with Crippen molar-refractivity contribution in [2.75, 3.05) is 24.6 Å². The van der Waals surface area contributed by atoms with Crippen molar-refractivity contribution in [3.05, 3.63) is 33.8 Å². The molecule has 3 N–H and O–H groups in total. The summed E-state index contributed by atoms with van der Waals surface area (Å²) in [4.78, 5) is 4.52. The molecule has 1 aliphatic rings. The summed E-state index contributed by atoms with van der Waals surface area (Å²) in [7, 11) is 0. The second-order valence-electron chi connectivity index (χ2n) is 5.31. The van der Waals surface area contributed by atoms with E-state index in [2.05, 4.69) is 15.6 Å². The van der Waals surface area contributed by atoms with Gasteiger partial charge in [0.15, 0.2) is 5.96 Å². The van der Waals surface area contributed by atoms with E-state index in [0.29, 0.717) is 29.1 Å². The van der Waals surface area contributed by atoms with Gasteiger partial charge in [-0.1, -0.05) is 29.3 Å². The van der Waals surface area contributed by atoms with E-state index in [9.17, 15) is 5.11 Å². The van der Waals surface area contributed by atoms with Crippen LogP contribution in [-0.2, 0) is 6.54 Å². The van der Waals surface area contributed by atoms with Gasteiger partial charge in [0, 0.05) is 28.9 Å². The van der Waals surface area contributed by atoms with Gasteiger partial charge < -0.3 is 15.7 Å². The Balaban J connectivity index is 0.00000264. The number of nitrogens with zero attached hydrogens (tertiary/aromatic N) is 1. The molecule has 1 atom stereocenters. The molecule has 0 radical (unpaired) electrons. The average molecular weight is 490 g/mol. The van der Waals surface area contributed by atoms with Gasteiger partial charge in [-0.05, 0) is 36.8 Å². The molecule has 0 bridgehead atoms. The van der Waals surface area contributed by atoms with Gasteiger partial charge >= 0.3 is 0 Å². The first-order valence-electron chi connectivity index (χ1n) is 7.29. The van der Waals surface area contributed by atoms with E-state index in [0.717, 1.165) is 30.0 Å². The minimum Gasteiger partial charge on any atom is -0.387 e. The van der Waals surface area contributed by atoms with Crippen molar-refractivity contribution >= 4 is 64.9 Å². The second-order valence-corrected chi connectivity index (χ2v) is 7.26. The predicted molar refractivity (Wildman–Crippen MR) is 112 cm³/mol. The number of guanidine groups is 1. The third kappa shape index (κ3) is 6.86. The van der Waals surface area contributed by atoms with Gasteiger partial charge in [-0.25, -0.2) is 4.99 Å². The highest BCUT2D eigenvalue weighted by Gasteiger charge is 2.31. The van der Waals surface area contributed by atoms with Crippen LogP contribution in [0, 0.1) is 0 Å². The largest absolute Gasteiger partial charge is 0.387 e. The lowest BCUT2D eigenvalue weighted by Crippen LogP contribution is -2.47. The number of aliphatic hydroxyl groups is 1. The summed E-state index contributed by atoms with van der Waals surface area (Å²) in [6.07, 6.45) is 0.813. The molecule has 1 aromatic carbocycles. The van der Waals surface area contributed by atoms with Gasteiger partial charge in [0.2, 0.25) is 0 Å². The molecule has 0 amide bonds. The molecule has 1 aliphatic heterocycles. The number of thioether (sulfide) groups is 1. The standard InChI is InChI=1S/C15H21Cl2N3OS.HI/c1-2-18-14(20-9-15(21)5-6-22-10-15)19-8-11-3-4-12(16)7-13(11)17;/h3-4,7,21H,2,5-6,8-10H2,1H3,(H2,18,19,20);1H. The maximum absolute atomic E-state index is 10.4. The van der Waals surface area contributed by atoms with Crippen LogP contribution in [0.15, 0.2) is 23.2 Å². The number of hydrogen-bond acceptors (Lipinski definition) is 3. The molecule has 8 heteroatoms. The molecular formula is C15H22Cl2IN3OS. The first-order chi connectivity index (χ1) is 10.5. The lowest BCUT2D eigenvalue weighted by molar-refractivity contribution is 0.0724. The van der Waals surface area contributed by atoms with Crippen LogP contribution in [0.2, 0.25) is 10.0 Å². The molecule has 0 saturated carbocycles. The fraction of sp³-hybridized carbons (Fsp3) is 0.533. The van der Waals surface area contributed by atoms with Crippen LogP contribution in [0.1, 0.15) is 18.9 Å². The van der Waals surface area contributed by atoms with E-state index < -0.39 is 5.60 Å². The normalized spacial score (nSPS) is 21.0. The van der Waals surface area contributed by atoms with Crippen LogP contribution in [0.25, 0.3) is 0 Å². The molecule has 1 unspecified atom stereocenters. The smallest absolute Gasteiger partial charge is 0.191 e. The quantitative estimate of drug-likeness (QED) is 0.336. The van der Waals surface area contributed by atoms with E-state index in [1.165, 1.54) is 0 Å². The third-order valence-corrected chi connectivity index (χ3v) is 5.26. The van der Waals surface area contributed by atoms with Crippen LogP contribution in [0.4, 0.5) is 0 Å². The zero-order chi connectivity index (χ0) is 16.0. The van der Waals surface area contributed by atoms with Gasteiger partial charge in [-0.15, -0.1) is 24.0 Å². The van der Waals surface area contributed by atoms with Crippen LogP contribution in [-0.4, -0.2) is 41.3 Å². The van der Waals surface area contributed by atoms with Crippen LogP contribution >= 0.6 is 58.9 Å². The molecule has 4 nitrogen and oxygen atoms in total. The molecule has 130 valence electrons. The number of rotatable bonds is 5. The van der Waals surface area contributed by atoms with E-state index in [4.69, 9.17) is 23.2 Å². The average Bonchev–Trinajstić information content (AvgIpc) is 2.91. The molecule has 1 heterocycles. The van der Waals surface area contributed by atoms with Gasteiger partial charge in [0.25, 0.3) is 0 Å². The molecule has 23 heavy (non-hydrogen) atoms. The maximum Gasteiger partial charge on any atom is 0.191 e. The zero-order valence-corrected chi connectivity index (χ0v) is 17.6. The van der Waals surface area contributed by atoms with E-state index in [1.807, 2.05) is 13.0 Å².